The average Bonchev–Trinajstić information content (AvgIpc) is 3.23. The van der Waals surface area contributed by atoms with Gasteiger partial charge in [-0.3, -0.25) is 9.59 Å². The smallest absolute Gasteiger partial charge is 0.261 e. The fourth-order valence-electron chi connectivity index (χ4n) is 3.53. The normalized spacial score (nSPS) is 15.2. The molecule has 132 valence electrons. The van der Waals surface area contributed by atoms with Crippen LogP contribution in [0.2, 0.25) is 0 Å². The van der Waals surface area contributed by atoms with E-state index in [1.54, 1.807) is 35.4 Å². The molecular formula is C21H20N2O3. The van der Waals surface area contributed by atoms with Crippen LogP contribution in [0.15, 0.2) is 70.1 Å². The van der Waals surface area contributed by atoms with Gasteiger partial charge < -0.3 is 14.3 Å². The number of benzene rings is 1. The van der Waals surface area contributed by atoms with Gasteiger partial charge >= 0.3 is 0 Å². The maximum Gasteiger partial charge on any atom is 0.261 e. The Labute approximate surface area is 151 Å². The highest BCUT2D eigenvalue weighted by Crippen LogP contribution is 2.28. The number of furan rings is 1. The molecule has 1 aromatic carbocycles. The zero-order valence-corrected chi connectivity index (χ0v) is 14.4. The van der Waals surface area contributed by atoms with Crippen molar-refractivity contribution >= 4 is 5.91 Å². The van der Waals surface area contributed by atoms with Gasteiger partial charge in [-0.25, -0.2) is 0 Å². The van der Waals surface area contributed by atoms with E-state index in [9.17, 15) is 9.59 Å². The van der Waals surface area contributed by atoms with Crippen LogP contribution in [-0.4, -0.2) is 28.9 Å². The number of carbonyl (C=O) groups excluding carboxylic acids is 1. The molecule has 0 unspecified atom stereocenters. The lowest BCUT2D eigenvalue weighted by Gasteiger charge is -2.32. The van der Waals surface area contributed by atoms with E-state index >= 15 is 0 Å². The third-order valence-electron chi connectivity index (χ3n) is 4.98. The minimum Gasteiger partial charge on any atom is -0.463 e. The summed E-state index contributed by atoms with van der Waals surface area (Å²) in [7, 11) is 0. The monoisotopic (exact) mass is 348 g/mol. The summed E-state index contributed by atoms with van der Waals surface area (Å²) in [5.74, 6) is 0.841. The summed E-state index contributed by atoms with van der Waals surface area (Å²) in [5, 5.41) is 0. The first kappa shape index (κ1) is 16.4. The van der Waals surface area contributed by atoms with Crippen LogP contribution in [0.5, 0.6) is 0 Å². The van der Waals surface area contributed by atoms with Crippen molar-refractivity contribution < 1.29 is 9.21 Å². The Balaban J connectivity index is 1.46. The number of piperidine rings is 1. The Morgan fingerprint density at radius 1 is 1.00 bits per heavy atom. The molecule has 1 aliphatic rings. The summed E-state index contributed by atoms with van der Waals surface area (Å²) in [6.07, 6.45) is 3.37. The van der Waals surface area contributed by atoms with Crippen molar-refractivity contribution in [2.45, 2.75) is 18.8 Å². The Kier molecular flexibility index (Phi) is 4.44. The molecule has 26 heavy (non-hydrogen) atoms. The van der Waals surface area contributed by atoms with E-state index in [-0.39, 0.29) is 17.0 Å². The van der Waals surface area contributed by atoms with Gasteiger partial charge in [0.1, 0.15) is 11.3 Å². The van der Waals surface area contributed by atoms with Crippen LogP contribution >= 0.6 is 0 Å². The molecule has 3 aromatic rings. The maximum absolute atomic E-state index is 12.7. The molecule has 1 amide bonds. The molecule has 0 spiro atoms. The van der Waals surface area contributed by atoms with E-state index in [0.717, 1.165) is 12.8 Å². The maximum atomic E-state index is 12.7. The van der Waals surface area contributed by atoms with Crippen molar-refractivity contribution in [1.82, 2.24) is 9.88 Å². The van der Waals surface area contributed by atoms with E-state index in [1.807, 2.05) is 18.2 Å². The number of hydrogen-bond donors (Lipinski definition) is 1. The highest BCUT2D eigenvalue weighted by Gasteiger charge is 2.26. The molecule has 0 aliphatic carbocycles. The van der Waals surface area contributed by atoms with Crippen LogP contribution < -0.4 is 5.56 Å². The van der Waals surface area contributed by atoms with Gasteiger partial charge in [0.25, 0.3) is 11.5 Å². The minimum atomic E-state index is -0.380. The highest BCUT2D eigenvalue weighted by molar-refractivity contribution is 5.94. The summed E-state index contributed by atoms with van der Waals surface area (Å²) in [5.41, 5.74) is 1.69. The number of aromatic amines is 1. The first-order valence-electron chi connectivity index (χ1n) is 8.84. The molecular weight excluding hydrogens is 328 g/mol. The fourth-order valence-corrected chi connectivity index (χ4v) is 3.53. The second kappa shape index (κ2) is 7.04. The summed E-state index contributed by atoms with van der Waals surface area (Å²) >= 11 is 0. The third-order valence-corrected chi connectivity index (χ3v) is 4.98. The van der Waals surface area contributed by atoms with E-state index < -0.39 is 0 Å². The number of carbonyl (C=O) groups is 1. The van der Waals surface area contributed by atoms with E-state index in [4.69, 9.17) is 4.42 Å². The largest absolute Gasteiger partial charge is 0.463 e. The van der Waals surface area contributed by atoms with E-state index in [2.05, 4.69) is 17.1 Å². The number of nitrogens with one attached hydrogen (secondary N) is 1. The van der Waals surface area contributed by atoms with Crippen molar-refractivity contribution in [2.75, 3.05) is 13.1 Å². The molecule has 1 aliphatic heterocycles. The number of aromatic nitrogens is 1. The van der Waals surface area contributed by atoms with E-state index in [1.165, 1.54) is 5.56 Å². The summed E-state index contributed by atoms with van der Waals surface area (Å²) < 4.78 is 5.28. The number of rotatable bonds is 3. The first-order valence-corrected chi connectivity index (χ1v) is 8.84. The SMILES string of the molecule is O=C(c1ccc(-c2ccco2)[nH]c1=O)N1CCC(c2ccccc2)CC1. The molecule has 5 nitrogen and oxygen atoms in total. The number of likely N-dealkylation sites (tertiary alicyclic amines) is 1. The Morgan fingerprint density at radius 3 is 2.42 bits per heavy atom. The number of hydrogen-bond acceptors (Lipinski definition) is 3. The van der Waals surface area contributed by atoms with Crippen molar-refractivity contribution in [3.05, 3.63) is 82.3 Å². The third kappa shape index (κ3) is 3.20. The number of amides is 1. The quantitative estimate of drug-likeness (QED) is 0.785. The van der Waals surface area contributed by atoms with Crippen LogP contribution in [0.3, 0.4) is 0 Å². The van der Waals surface area contributed by atoms with Gasteiger partial charge in [-0.2, -0.15) is 0 Å². The predicted octanol–water partition coefficient (Wildman–Crippen LogP) is 3.65. The molecule has 0 radical (unpaired) electrons. The Morgan fingerprint density at radius 2 is 1.77 bits per heavy atom. The fraction of sp³-hybridized carbons (Fsp3) is 0.238. The molecule has 3 heterocycles. The van der Waals surface area contributed by atoms with Gasteiger partial charge in [0.2, 0.25) is 0 Å². The van der Waals surface area contributed by atoms with Gasteiger partial charge in [-0.15, -0.1) is 0 Å². The standard InChI is InChI=1S/C21H20N2O3/c24-20-17(8-9-18(22-20)19-7-4-14-26-19)21(25)23-12-10-16(11-13-23)15-5-2-1-3-6-15/h1-9,14,16H,10-13H2,(H,22,24). The molecule has 5 heteroatoms. The lowest BCUT2D eigenvalue weighted by atomic mass is 9.89. The van der Waals surface area contributed by atoms with Gasteiger partial charge in [0, 0.05) is 13.1 Å². The number of nitrogens with zero attached hydrogens (tertiary/aromatic N) is 1. The zero-order chi connectivity index (χ0) is 17.9. The van der Waals surface area contributed by atoms with Crippen LogP contribution in [0.4, 0.5) is 0 Å². The van der Waals surface area contributed by atoms with Crippen LogP contribution in [0.1, 0.15) is 34.7 Å². The van der Waals surface area contributed by atoms with Crippen LogP contribution in [-0.2, 0) is 0 Å². The second-order valence-corrected chi connectivity index (χ2v) is 6.57. The van der Waals surface area contributed by atoms with E-state index in [0.29, 0.717) is 30.5 Å². The molecule has 0 atom stereocenters. The number of pyridine rings is 1. The van der Waals surface area contributed by atoms with Crippen molar-refractivity contribution in [1.29, 1.82) is 0 Å². The van der Waals surface area contributed by atoms with Crippen molar-refractivity contribution in [2.24, 2.45) is 0 Å². The first-order chi connectivity index (χ1) is 12.7. The molecule has 1 saturated heterocycles. The highest BCUT2D eigenvalue weighted by atomic mass is 16.3. The van der Waals surface area contributed by atoms with Crippen LogP contribution in [0, 0.1) is 0 Å². The summed E-state index contributed by atoms with van der Waals surface area (Å²) in [6.45, 7) is 1.33. The molecule has 2 aromatic heterocycles. The van der Waals surface area contributed by atoms with Gasteiger partial charge in [-0.1, -0.05) is 30.3 Å². The van der Waals surface area contributed by atoms with Gasteiger partial charge in [-0.05, 0) is 48.6 Å². The average molecular weight is 348 g/mol. The van der Waals surface area contributed by atoms with Crippen LogP contribution in [0.25, 0.3) is 11.5 Å². The van der Waals surface area contributed by atoms with Crippen molar-refractivity contribution in [3.63, 3.8) is 0 Å². The molecule has 1 N–H and O–H groups in total. The summed E-state index contributed by atoms with van der Waals surface area (Å²) in [6, 6.07) is 17.2. The molecule has 0 saturated carbocycles. The lowest BCUT2D eigenvalue weighted by molar-refractivity contribution is 0.0711. The van der Waals surface area contributed by atoms with Gasteiger partial charge in [0.15, 0.2) is 0 Å². The van der Waals surface area contributed by atoms with Gasteiger partial charge in [0.05, 0.1) is 12.0 Å². The Hall–Kier alpha value is -3.08. The molecule has 0 bridgehead atoms. The van der Waals surface area contributed by atoms with Crippen molar-refractivity contribution in [3.8, 4) is 11.5 Å². The molecule has 4 rings (SSSR count). The summed E-state index contributed by atoms with van der Waals surface area (Å²) in [4.78, 5) is 29.6. The lowest BCUT2D eigenvalue weighted by Crippen LogP contribution is -2.40. The topological polar surface area (TPSA) is 66.3 Å². The second-order valence-electron chi connectivity index (χ2n) is 6.57. The number of H-pyrrole nitrogens is 1. The Bertz CT molecular complexity index is 937. The predicted molar refractivity (Wildman–Crippen MR) is 99.1 cm³/mol. The zero-order valence-electron chi connectivity index (χ0n) is 14.4. The minimum absolute atomic E-state index is 0.179. The molecule has 1 fully saturated rings.